The van der Waals surface area contributed by atoms with Crippen LogP contribution in [0.1, 0.15) is 43.9 Å². The topological polar surface area (TPSA) is 56.8 Å². The predicted octanol–water partition coefficient (Wildman–Crippen LogP) is 3.79. The monoisotopic (exact) mass is 341 g/mol. The molecule has 0 spiro atoms. The van der Waals surface area contributed by atoms with E-state index in [1.54, 1.807) is 0 Å². The van der Waals surface area contributed by atoms with Crippen molar-refractivity contribution in [3.63, 3.8) is 0 Å². The van der Waals surface area contributed by atoms with Gasteiger partial charge in [-0.05, 0) is 42.2 Å². The molecule has 0 aromatic heterocycles. The van der Waals surface area contributed by atoms with Crippen LogP contribution in [0, 0.1) is 0 Å². The van der Waals surface area contributed by atoms with Gasteiger partial charge < -0.3 is 19.5 Å². The molecule has 0 saturated carbocycles. The Morgan fingerprint density at radius 1 is 1.12 bits per heavy atom. The Labute approximate surface area is 147 Å². The van der Waals surface area contributed by atoms with E-state index in [9.17, 15) is 4.79 Å². The van der Waals surface area contributed by atoms with E-state index in [2.05, 4.69) is 19.2 Å². The third-order valence-electron chi connectivity index (χ3n) is 4.17. The lowest BCUT2D eigenvalue weighted by atomic mass is 10.0. The van der Waals surface area contributed by atoms with E-state index in [0.717, 1.165) is 22.6 Å². The van der Waals surface area contributed by atoms with Crippen LogP contribution in [0.2, 0.25) is 0 Å². The highest BCUT2D eigenvalue weighted by Crippen LogP contribution is 2.34. The maximum Gasteiger partial charge on any atom is 0.258 e. The van der Waals surface area contributed by atoms with Crippen LogP contribution in [0.5, 0.6) is 17.2 Å². The van der Waals surface area contributed by atoms with Crippen molar-refractivity contribution in [2.45, 2.75) is 32.7 Å². The Morgan fingerprint density at radius 3 is 2.68 bits per heavy atom. The number of carbonyl (C=O) groups is 1. The average Bonchev–Trinajstić information content (AvgIpc) is 3.07. The first kappa shape index (κ1) is 17.1. The van der Waals surface area contributed by atoms with Gasteiger partial charge in [-0.15, -0.1) is 0 Å². The molecule has 3 rings (SSSR count). The number of hydrogen-bond acceptors (Lipinski definition) is 4. The second-order valence-electron chi connectivity index (χ2n) is 6.38. The van der Waals surface area contributed by atoms with Gasteiger partial charge in [0, 0.05) is 0 Å². The zero-order valence-corrected chi connectivity index (χ0v) is 14.7. The number of nitrogens with one attached hydrogen (secondary N) is 1. The third-order valence-corrected chi connectivity index (χ3v) is 4.17. The number of benzene rings is 2. The summed E-state index contributed by atoms with van der Waals surface area (Å²) in [5, 5.41) is 2.95. The van der Waals surface area contributed by atoms with Crippen molar-refractivity contribution in [2.24, 2.45) is 0 Å². The van der Waals surface area contributed by atoms with Gasteiger partial charge in [-0.25, -0.2) is 0 Å². The number of hydrogen-bond donors (Lipinski definition) is 1. The maximum absolute atomic E-state index is 12.2. The van der Waals surface area contributed by atoms with Crippen LogP contribution in [0.25, 0.3) is 0 Å². The molecule has 1 atom stereocenters. The van der Waals surface area contributed by atoms with Crippen LogP contribution in [0.4, 0.5) is 0 Å². The SMILES string of the molecule is CC(C)c1ccccc1OCC(=O)NC(C)c1ccc2c(c1)OCO2. The summed E-state index contributed by atoms with van der Waals surface area (Å²) < 4.78 is 16.4. The van der Waals surface area contributed by atoms with Gasteiger partial charge in [0.2, 0.25) is 6.79 Å². The fourth-order valence-electron chi connectivity index (χ4n) is 2.78. The molecular weight excluding hydrogens is 318 g/mol. The van der Waals surface area contributed by atoms with E-state index >= 15 is 0 Å². The molecule has 5 heteroatoms. The molecule has 25 heavy (non-hydrogen) atoms. The normalized spacial score (nSPS) is 13.6. The third kappa shape index (κ3) is 4.05. The average molecular weight is 341 g/mol. The lowest BCUT2D eigenvalue weighted by molar-refractivity contribution is -0.123. The molecule has 2 aromatic carbocycles. The van der Waals surface area contributed by atoms with Crippen molar-refractivity contribution in [3.05, 3.63) is 53.6 Å². The highest BCUT2D eigenvalue weighted by Gasteiger charge is 2.17. The fourth-order valence-corrected chi connectivity index (χ4v) is 2.78. The smallest absolute Gasteiger partial charge is 0.258 e. The van der Waals surface area contributed by atoms with Crippen molar-refractivity contribution in [3.8, 4) is 17.2 Å². The van der Waals surface area contributed by atoms with E-state index in [-0.39, 0.29) is 25.3 Å². The molecule has 1 unspecified atom stereocenters. The van der Waals surface area contributed by atoms with E-state index in [1.807, 2.05) is 49.4 Å². The first-order valence-corrected chi connectivity index (χ1v) is 8.45. The molecular formula is C20H23NO4. The van der Waals surface area contributed by atoms with Crippen molar-refractivity contribution in [1.29, 1.82) is 0 Å². The molecule has 1 aliphatic heterocycles. The van der Waals surface area contributed by atoms with E-state index in [0.29, 0.717) is 11.7 Å². The van der Waals surface area contributed by atoms with Gasteiger partial charge in [0.1, 0.15) is 5.75 Å². The Hall–Kier alpha value is -2.69. The Balaban J connectivity index is 1.57. The standard InChI is InChI=1S/C20H23NO4/c1-13(2)16-6-4-5-7-17(16)23-11-20(22)21-14(3)15-8-9-18-19(10-15)25-12-24-18/h4-10,13-14H,11-12H2,1-3H3,(H,21,22). The van der Waals surface area contributed by atoms with Crippen molar-refractivity contribution in [2.75, 3.05) is 13.4 Å². The van der Waals surface area contributed by atoms with E-state index < -0.39 is 0 Å². The van der Waals surface area contributed by atoms with Crippen molar-refractivity contribution >= 4 is 5.91 Å². The largest absolute Gasteiger partial charge is 0.483 e. The molecule has 0 aliphatic carbocycles. The van der Waals surface area contributed by atoms with Crippen molar-refractivity contribution in [1.82, 2.24) is 5.32 Å². The second kappa shape index (κ2) is 7.47. The first-order valence-electron chi connectivity index (χ1n) is 8.45. The molecule has 2 aromatic rings. The second-order valence-corrected chi connectivity index (χ2v) is 6.38. The highest BCUT2D eigenvalue weighted by molar-refractivity contribution is 5.78. The molecule has 1 heterocycles. The highest BCUT2D eigenvalue weighted by atomic mass is 16.7. The maximum atomic E-state index is 12.2. The predicted molar refractivity (Wildman–Crippen MR) is 95.1 cm³/mol. The molecule has 1 N–H and O–H groups in total. The lowest BCUT2D eigenvalue weighted by Crippen LogP contribution is -2.31. The quantitative estimate of drug-likeness (QED) is 0.868. The fraction of sp³-hybridized carbons (Fsp3) is 0.350. The van der Waals surface area contributed by atoms with Crippen LogP contribution in [-0.2, 0) is 4.79 Å². The minimum atomic E-state index is -0.163. The number of carbonyl (C=O) groups excluding carboxylic acids is 1. The summed E-state index contributed by atoms with van der Waals surface area (Å²) in [6.45, 7) is 6.35. The Bertz CT molecular complexity index is 757. The van der Waals surface area contributed by atoms with Gasteiger partial charge >= 0.3 is 0 Å². The number of ether oxygens (including phenoxy) is 3. The molecule has 0 fully saturated rings. The summed E-state index contributed by atoms with van der Waals surface area (Å²) in [7, 11) is 0. The number of fused-ring (bicyclic) bond motifs is 1. The lowest BCUT2D eigenvalue weighted by Gasteiger charge is -2.17. The van der Waals surface area contributed by atoms with Gasteiger partial charge in [0.15, 0.2) is 18.1 Å². The zero-order valence-electron chi connectivity index (χ0n) is 14.7. The summed E-state index contributed by atoms with van der Waals surface area (Å²) in [5.74, 6) is 2.37. The van der Waals surface area contributed by atoms with Gasteiger partial charge in [0.05, 0.1) is 6.04 Å². The van der Waals surface area contributed by atoms with Crippen LogP contribution in [-0.4, -0.2) is 19.3 Å². The molecule has 1 aliphatic rings. The molecule has 0 radical (unpaired) electrons. The minimum Gasteiger partial charge on any atom is -0.483 e. The molecule has 132 valence electrons. The van der Waals surface area contributed by atoms with Gasteiger partial charge in [-0.2, -0.15) is 0 Å². The van der Waals surface area contributed by atoms with Crippen LogP contribution < -0.4 is 19.5 Å². The number of para-hydroxylation sites is 1. The molecule has 1 amide bonds. The summed E-state index contributed by atoms with van der Waals surface area (Å²) in [5.41, 5.74) is 2.05. The Kier molecular flexibility index (Phi) is 5.12. The van der Waals surface area contributed by atoms with E-state index in [1.165, 1.54) is 0 Å². The minimum absolute atomic E-state index is 0.0153. The van der Waals surface area contributed by atoms with Crippen molar-refractivity contribution < 1.29 is 19.0 Å². The molecule has 0 saturated heterocycles. The Morgan fingerprint density at radius 2 is 1.88 bits per heavy atom. The van der Waals surface area contributed by atoms with Crippen LogP contribution >= 0.6 is 0 Å². The molecule has 0 bridgehead atoms. The number of amides is 1. The molecule has 5 nitrogen and oxygen atoms in total. The summed E-state index contributed by atoms with van der Waals surface area (Å²) >= 11 is 0. The van der Waals surface area contributed by atoms with Gasteiger partial charge in [-0.3, -0.25) is 4.79 Å². The van der Waals surface area contributed by atoms with Gasteiger partial charge in [0.25, 0.3) is 5.91 Å². The first-order chi connectivity index (χ1) is 12.0. The number of rotatable bonds is 6. The van der Waals surface area contributed by atoms with Crippen LogP contribution in [0.3, 0.4) is 0 Å². The van der Waals surface area contributed by atoms with Gasteiger partial charge in [-0.1, -0.05) is 38.1 Å². The summed E-state index contributed by atoms with van der Waals surface area (Å²) in [4.78, 5) is 12.2. The summed E-state index contributed by atoms with van der Waals surface area (Å²) in [6.07, 6.45) is 0. The van der Waals surface area contributed by atoms with Crippen LogP contribution in [0.15, 0.2) is 42.5 Å². The summed E-state index contributed by atoms with van der Waals surface area (Å²) in [6, 6.07) is 13.3. The zero-order chi connectivity index (χ0) is 17.8. The van der Waals surface area contributed by atoms with E-state index in [4.69, 9.17) is 14.2 Å².